The number of rotatable bonds is 21. The molecule has 1 amide bonds. The number of aliphatic hydroxyl groups excluding tert-OH is 1. The monoisotopic (exact) mass is 705 g/mol. The van der Waals surface area contributed by atoms with Crippen LogP contribution in [-0.4, -0.2) is 110 Å². The van der Waals surface area contributed by atoms with E-state index in [2.05, 4.69) is 18.3 Å². The van der Waals surface area contributed by atoms with Crippen LogP contribution in [0.1, 0.15) is 92.9 Å². The molecule has 0 unspecified atom stereocenters. The molecule has 3 aliphatic heterocycles. The molecule has 0 aromatic carbocycles. The summed E-state index contributed by atoms with van der Waals surface area (Å²) in [6.07, 6.45) is 10.5. The Labute approximate surface area is 297 Å². The summed E-state index contributed by atoms with van der Waals surface area (Å²) in [7, 11) is 0. The number of allylic oxidation sites excluding steroid dienone is 2. The van der Waals surface area contributed by atoms with Gasteiger partial charge in [-0.2, -0.15) is 0 Å². The number of carbonyl (C=O) groups is 4. The topological polar surface area (TPSA) is 159 Å². The largest absolute Gasteiger partial charge is 0.459 e. The minimum atomic E-state index is -0.817. The van der Waals surface area contributed by atoms with Gasteiger partial charge in [-0.1, -0.05) is 37.6 Å². The normalized spacial score (nSPS) is 30.5. The lowest BCUT2D eigenvalue weighted by molar-refractivity contribution is -0.144. The fourth-order valence-electron chi connectivity index (χ4n) is 6.30. The molecule has 50 heavy (non-hydrogen) atoms. The van der Waals surface area contributed by atoms with Crippen molar-refractivity contribution in [2.45, 2.75) is 141 Å². The van der Waals surface area contributed by atoms with Crippen LogP contribution in [0.4, 0.5) is 0 Å². The second-order valence-electron chi connectivity index (χ2n) is 13.9. The minimum absolute atomic E-state index is 0.0164. The molecule has 12 heteroatoms. The number of esters is 1. The van der Waals surface area contributed by atoms with E-state index in [1.54, 1.807) is 13.0 Å². The van der Waals surface area contributed by atoms with Crippen LogP contribution in [-0.2, 0) is 47.6 Å². The summed E-state index contributed by atoms with van der Waals surface area (Å²) in [5, 5.41) is 14.0. The van der Waals surface area contributed by atoms with Gasteiger partial charge >= 0.3 is 5.97 Å². The van der Waals surface area contributed by atoms with Crippen LogP contribution in [0, 0.1) is 5.92 Å². The smallest absolute Gasteiger partial charge is 0.303 e. The summed E-state index contributed by atoms with van der Waals surface area (Å²) in [6.45, 7) is 13.1. The molecule has 9 atom stereocenters. The number of nitrogens with one attached hydrogen (secondary N) is 1. The fourth-order valence-corrected chi connectivity index (χ4v) is 6.30. The Bertz CT molecular complexity index is 1210. The number of ether oxygens (including phenoxy) is 6. The number of Topliss-reactive ketones (excluding diaryl/α,β-unsaturated/α-hetero) is 2. The summed E-state index contributed by atoms with van der Waals surface area (Å²) < 4.78 is 34.1. The molecule has 0 aromatic rings. The SMILES string of the molecule is CCC(=O)CCOCCOCCCC(=O)C[C@@H]1C[C@@]2(CO2)[C@H](O)[C@@H](/C=C/C(C)=C/C[C@@H]2O[C@H](C)[C@H](NC(=O)/C=C\[C@H](C)OC(C)=O)C[C@@H]2C)O1. The van der Waals surface area contributed by atoms with Crippen LogP contribution in [0.3, 0.4) is 0 Å². The summed E-state index contributed by atoms with van der Waals surface area (Å²) >= 11 is 0. The third-order valence-corrected chi connectivity index (χ3v) is 9.41. The molecule has 282 valence electrons. The lowest BCUT2D eigenvalue weighted by atomic mass is 9.86. The number of hydrogen-bond acceptors (Lipinski definition) is 11. The number of amides is 1. The van der Waals surface area contributed by atoms with Crippen LogP contribution in [0.5, 0.6) is 0 Å². The van der Waals surface area contributed by atoms with E-state index in [0.717, 1.165) is 12.0 Å². The molecule has 0 aliphatic carbocycles. The van der Waals surface area contributed by atoms with Crippen molar-refractivity contribution in [3.05, 3.63) is 36.0 Å². The van der Waals surface area contributed by atoms with Crippen molar-refractivity contribution in [3.63, 3.8) is 0 Å². The van der Waals surface area contributed by atoms with E-state index in [0.29, 0.717) is 71.6 Å². The lowest BCUT2D eigenvalue weighted by Gasteiger charge is -2.39. The molecule has 3 saturated heterocycles. The molecule has 1 spiro atoms. The molecule has 0 radical (unpaired) electrons. The number of ketones is 2. The Morgan fingerprint density at radius 2 is 1.72 bits per heavy atom. The average molecular weight is 706 g/mol. The van der Waals surface area contributed by atoms with Crippen LogP contribution >= 0.6 is 0 Å². The predicted molar refractivity (Wildman–Crippen MR) is 186 cm³/mol. The predicted octanol–water partition coefficient (Wildman–Crippen LogP) is 4.11. The van der Waals surface area contributed by atoms with Crippen LogP contribution in [0.2, 0.25) is 0 Å². The molecular weight excluding hydrogens is 646 g/mol. The van der Waals surface area contributed by atoms with Crippen LogP contribution in [0.15, 0.2) is 36.0 Å². The summed E-state index contributed by atoms with van der Waals surface area (Å²) in [6, 6.07) is -0.137. The van der Waals surface area contributed by atoms with E-state index in [-0.39, 0.29) is 54.2 Å². The fraction of sp³-hybridized carbons (Fsp3) is 0.737. The molecule has 3 rings (SSSR count). The molecule has 2 N–H and O–H groups in total. The third kappa shape index (κ3) is 14.5. The maximum absolute atomic E-state index is 12.7. The Kier molecular flexibility index (Phi) is 17.5. The highest BCUT2D eigenvalue weighted by molar-refractivity contribution is 5.87. The zero-order chi connectivity index (χ0) is 36.7. The second kappa shape index (κ2) is 20.9. The van der Waals surface area contributed by atoms with E-state index in [4.69, 9.17) is 28.4 Å². The minimum Gasteiger partial charge on any atom is -0.459 e. The van der Waals surface area contributed by atoms with Gasteiger partial charge in [-0.15, -0.1) is 0 Å². The molecule has 0 aromatic heterocycles. The highest BCUT2D eigenvalue weighted by Crippen LogP contribution is 2.43. The van der Waals surface area contributed by atoms with Crippen LogP contribution < -0.4 is 5.32 Å². The van der Waals surface area contributed by atoms with Gasteiger partial charge < -0.3 is 38.8 Å². The van der Waals surface area contributed by atoms with Crippen molar-refractivity contribution in [1.82, 2.24) is 5.32 Å². The summed E-state index contributed by atoms with van der Waals surface area (Å²) in [4.78, 5) is 47.5. The zero-order valence-corrected chi connectivity index (χ0v) is 30.7. The van der Waals surface area contributed by atoms with Gasteiger partial charge in [-0.3, -0.25) is 19.2 Å². The maximum Gasteiger partial charge on any atom is 0.303 e. The van der Waals surface area contributed by atoms with E-state index < -0.39 is 29.9 Å². The van der Waals surface area contributed by atoms with Gasteiger partial charge in [0.1, 0.15) is 35.5 Å². The Morgan fingerprint density at radius 3 is 2.40 bits per heavy atom. The van der Waals surface area contributed by atoms with E-state index >= 15 is 0 Å². The van der Waals surface area contributed by atoms with Crippen molar-refractivity contribution < 1.29 is 52.7 Å². The Balaban J connectivity index is 1.39. The van der Waals surface area contributed by atoms with E-state index in [9.17, 15) is 24.3 Å². The highest BCUT2D eigenvalue weighted by Gasteiger charge is 2.58. The quantitative estimate of drug-likeness (QED) is 0.0582. The lowest BCUT2D eigenvalue weighted by Crippen LogP contribution is -2.50. The van der Waals surface area contributed by atoms with Crippen molar-refractivity contribution >= 4 is 23.4 Å². The first-order chi connectivity index (χ1) is 23.8. The van der Waals surface area contributed by atoms with Crippen LogP contribution in [0.25, 0.3) is 0 Å². The molecular formula is C38H59NO11. The maximum atomic E-state index is 12.7. The average Bonchev–Trinajstić information content (AvgIpc) is 3.84. The van der Waals surface area contributed by atoms with Crippen molar-refractivity contribution in [2.24, 2.45) is 5.92 Å². The molecule has 12 nitrogen and oxygen atoms in total. The Morgan fingerprint density at radius 1 is 1.00 bits per heavy atom. The van der Waals surface area contributed by atoms with Gasteiger partial charge in [0.05, 0.1) is 50.8 Å². The van der Waals surface area contributed by atoms with Gasteiger partial charge in [0.2, 0.25) is 5.91 Å². The number of carbonyl (C=O) groups excluding carboxylic acids is 4. The van der Waals surface area contributed by atoms with Crippen molar-refractivity contribution in [1.29, 1.82) is 0 Å². The first-order valence-electron chi connectivity index (χ1n) is 18.1. The molecule has 3 aliphatic rings. The zero-order valence-electron chi connectivity index (χ0n) is 30.7. The molecule has 3 heterocycles. The first kappa shape index (κ1) is 41.7. The van der Waals surface area contributed by atoms with Gasteiger partial charge in [0.25, 0.3) is 0 Å². The molecule has 3 fully saturated rings. The highest BCUT2D eigenvalue weighted by atomic mass is 16.6. The summed E-state index contributed by atoms with van der Waals surface area (Å²) in [5.41, 5.74) is 0.334. The van der Waals surface area contributed by atoms with Gasteiger partial charge in [0.15, 0.2) is 0 Å². The molecule has 0 bridgehead atoms. The standard InChI is InChI=1S/C38H59NO11/c1-7-30(41)16-18-46-20-19-45-17-8-9-31(42)22-32-23-38(24-47-38)37(44)35(50-32)14-11-25(2)10-13-34-26(3)21-33(28(5)49-34)39-36(43)15-12-27(4)48-29(6)40/h10-12,14-15,26-28,32-35,37,44H,7-9,13,16-24H2,1-6H3,(H,39,43)/b14-11+,15-12-,25-10+/t26-,27-,28+,32+,33+,34-,35+,37+,38+/m0/s1. The number of hydrogen-bond donors (Lipinski definition) is 2. The summed E-state index contributed by atoms with van der Waals surface area (Å²) in [5.74, 6) is -0.185. The van der Waals surface area contributed by atoms with Crippen molar-refractivity contribution in [2.75, 3.05) is 33.0 Å². The first-order valence-corrected chi connectivity index (χ1v) is 18.1. The van der Waals surface area contributed by atoms with Gasteiger partial charge in [-0.05, 0) is 52.0 Å². The number of aliphatic hydroxyl groups is 1. The van der Waals surface area contributed by atoms with Gasteiger partial charge in [-0.25, -0.2) is 0 Å². The number of epoxide rings is 1. The van der Waals surface area contributed by atoms with E-state index in [1.807, 2.05) is 32.9 Å². The van der Waals surface area contributed by atoms with E-state index in [1.165, 1.54) is 13.0 Å². The Hall–Kier alpha value is -2.74. The molecule has 0 saturated carbocycles. The van der Waals surface area contributed by atoms with Gasteiger partial charge in [0, 0.05) is 51.7 Å². The van der Waals surface area contributed by atoms with Crippen molar-refractivity contribution in [3.8, 4) is 0 Å². The third-order valence-electron chi connectivity index (χ3n) is 9.41. The second-order valence-corrected chi connectivity index (χ2v) is 13.9.